The molecule has 0 radical (unpaired) electrons. The van der Waals surface area contributed by atoms with E-state index >= 15 is 0 Å². The molecule has 0 aromatic heterocycles. The maximum absolute atomic E-state index is 12.8. The first-order valence-electron chi connectivity index (χ1n) is 7.66. The fourth-order valence-electron chi connectivity index (χ4n) is 3.02. The van der Waals surface area contributed by atoms with Gasteiger partial charge in [-0.15, -0.1) is 0 Å². The van der Waals surface area contributed by atoms with Crippen molar-refractivity contribution in [3.8, 4) is 0 Å². The number of carboxylic acid groups (broad SMARTS) is 1. The van der Waals surface area contributed by atoms with Crippen LogP contribution in [0, 0.1) is 0 Å². The van der Waals surface area contributed by atoms with Gasteiger partial charge in [0.15, 0.2) is 0 Å². The van der Waals surface area contributed by atoms with Crippen molar-refractivity contribution in [3.63, 3.8) is 0 Å². The standard InChI is InChI=1S/C16H20ClF3N2O2/c1-21(10-15(23)24)14-2-4-22(5-3-14)9-11-6-12(16(18,19)20)8-13(17)7-11/h6-8,14H,2-5,9-10H2,1H3,(H,23,24). The predicted octanol–water partition coefficient (Wildman–Crippen LogP) is 3.34. The molecule has 0 atom stereocenters. The molecule has 1 aromatic rings. The average molecular weight is 365 g/mol. The number of halogens is 4. The SMILES string of the molecule is CN(CC(=O)O)C1CCN(Cc2cc(Cl)cc(C(F)(F)F)c2)CC1. The van der Waals surface area contributed by atoms with Crippen LogP contribution in [-0.2, 0) is 17.5 Å². The highest BCUT2D eigenvalue weighted by Crippen LogP contribution is 2.32. The van der Waals surface area contributed by atoms with Crippen LogP contribution in [0.15, 0.2) is 18.2 Å². The molecule has 24 heavy (non-hydrogen) atoms. The Morgan fingerprint density at radius 3 is 2.50 bits per heavy atom. The monoisotopic (exact) mass is 364 g/mol. The molecule has 134 valence electrons. The molecule has 1 aromatic carbocycles. The fourth-order valence-corrected chi connectivity index (χ4v) is 3.28. The van der Waals surface area contributed by atoms with Gasteiger partial charge in [-0.05, 0) is 56.7 Å². The first-order valence-corrected chi connectivity index (χ1v) is 8.04. The summed E-state index contributed by atoms with van der Waals surface area (Å²) >= 11 is 5.81. The van der Waals surface area contributed by atoms with Crippen molar-refractivity contribution < 1.29 is 23.1 Å². The maximum Gasteiger partial charge on any atom is 0.416 e. The van der Waals surface area contributed by atoms with Gasteiger partial charge in [-0.2, -0.15) is 13.2 Å². The molecule has 0 spiro atoms. The van der Waals surface area contributed by atoms with Crippen LogP contribution in [-0.4, -0.2) is 53.6 Å². The van der Waals surface area contributed by atoms with Crippen LogP contribution in [0.5, 0.6) is 0 Å². The van der Waals surface area contributed by atoms with Gasteiger partial charge >= 0.3 is 12.1 Å². The zero-order valence-corrected chi connectivity index (χ0v) is 14.1. The summed E-state index contributed by atoms with van der Waals surface area (Å²) in [6.07, 6.45) is -2.83. The molecule has 1 fully saturated rings. The van der Waals surface area contributed by atoms with Gasteiger partial charge in [-0.1, -0.05) is 11.6 Å². The lowest BCUT2D eigenvalue weighted by Crippen LogP contribution is -2.44. The van der Waals surface area contributed by atoms with Crippen molar-refractivity contribution in [2.24, 2.45) is 0 Å². The summed E-state index contributed by atoms with van der Waals surface area (Å²) in [5.74, 6) is -0.862. The number of carboxylic acids is 1. The summed E-state index contributed by atoms with van der Waals surface area (Å²) < 4.78 is 38.5. The Balaban J connectivity index is 1.94. The number of likely N-dealkylation sites (N-methyl/N-ethyl adjacent to an activating group) is 1. The third kappa shape index (κ3) is 5.36. The van der Waals surface area contributed by atoms with Crippen LogP contribution in [0.3, 0.4) is 0 Å². The zero-order chi connectivity index (χ0) is 17.9. The lowest BCUT2D eigenvalue weighted by molar-refractivity contribution is -0.139. The number of nitrogens with zero attached hydrogens (tertiary/aromatic N) is 2. The van der Waals surface area contributed by atoms with E-state index in [1.807, 2.05) is 0 Å². The number of aliphatic carboxylic acids is 1. The number of hydrogen-bond donors (Lipinski definition) is 1. The van der Waals surface area contributed by atoms with Crippen LogP contribution < -0.4 is 0 Å². The van der Waals surface area contributed by atoms with E-state index < -0.39 is 17.7 Å². The van der Waals surface area contributed by atoms with Crippen molar-refractivity contribution in [1.82, 2.24) is 9.80 Å². The van der Waals surface area contributed by atoms with Crippen molar-refractivity contribution in [2.75, 3.05) is 26.7 Å². The molecular weight excluding hydrogens is 345 g/mol. The third-order valence-corrected chi connectivity index (χ3v) is 4.47. The summed E-state index contributed by atoms with van der Waals surface area (Å²) in [4.78, 5) is 14.6. The third-order valence-electron chi connectivity index (χ3n) is 4.26. The Bertz CT molecular complexity index is 587. The van der Waals surface area contributed by atoms with Crippen LogP contribution >= 0.6 is 11.6 Å². The van der Waals surface area contributed by atoms with E-state index in [0.717, 1.165) is 25.0 Å². The molecule has 0 aliphatic carbocycles. The minimum Gasteiger partial charge on any atom is -0.480 e. The highest BCUT2D eigenvalue weighted by Gasteiger charge is 2.31. The van der Waals surface area contributed by atoms with Crippen molar-refractivity contribution in [2.45, 2.75) is 31.6 Å². The summed E-state index contributed by atoms with van der Waals surface area (Å²) in [7, 11) is 1.78. The van der Waals surface area contributed by atoms with Crippen LogP contribution in [0.25, 0.3) is 0 Å². The Labute approximate surface area is 143 Å². The van der Waals surface area contributed by atoms with E-state index in [4.69, 9.17) is 16.7 Å². The molecule has 4 nitrogen and oxygen atoms in total. The van der Waals surface area contributed by atoms with Gasteiger partial charge < -0.3 is 5.11 Å². The number of benzene rings is 1. The minimum absolute atomic E-state index is 0.00605. The first-order chi connectivity index (χ1) is 11.1. The molecule has 8 heteroatoms. The number of likely N-dealkylation sites (tertiary alicyclic amines) is 1. The van der Waals surface area contributed by atoms with Crippen molar-refractivity contribution >= 4 is 17.6 Å². The highest BCUT2D eigenvalue weighted by molar-refractivity contribution is 6.30. The molecule has 1 saturated heterocycles. The Kier molecular flexibility index (Phi) is 6.11. The number of carbonyl (C=O) groups is 1. The molecule has 0 amide bonds. The zero-order valence-electron chi connectivity index (χ0n) is 13.3. The number of piperidine rings is 1. The fraction of sp³-hybridized carbons (Fsp3) is 0.562. The van der Waals surface area contributed by atoms with Gasteiger partial charge in [0.25, 0.3) is 0 Å². The van der Waals surface area contributed by atoms with Gasteiger partial charge in [-0.25, -0.2) is 0 Å². The van der Waals surface area contributed by atoms with E-state index in [9.17, 15) is 18.0 Å². The largest absolute Gasteiger partial charge is 0.480 e. The number of rotatable bonds is 5. The van der Waals surface area contributed by atoms with Crippen LogP contribution in [0.2, 0.25) is 5.02 Å². The quantitative estimate of drug-likeness (QED) is 0.870. The summed E-state index contributed by atoms with van der Waals surface area (Å²) in [6, 6.07) is 3.80. The van der Waals surface area contributed by atoms with Gasteiger partial charge in [0.05, 0.1) is 12.1 Å². The number of alkyl halides is 3. The van der Waals surface area contributed by atoms with Gasteiger partial charge in [0.2, 0.25) is 0 Å². The molecule has 0 saturated carbocycles. The minimum atomic E-state index is -4.41. The Morgan fingerprint density at radius 1 is 1.33 bits per heavy atom. The van der Waals surface area contributed by atoms with E-state index in [0.29, 0.717) is 25.2 Å². The maximum atomic E-state index is 12.8. The van der Waals surface area contributed by atoms with E-state index in [1.165, 1.54) is 0 Å². The van der Waals surface area contributed by atoms with Gasteiger partial charge in [-0.3, -0.25) is 14.6 Å². The van der Waals surface area contributed by atoms with Crippen LogP contribution in [0.1, 0.15) is 24.0 Å². The highest BCUT2D eigenvalue weighted by atomic mass is 35.5. The lowest BCUT2D eigenvalue weighted by atomic mass is 10.0. The molecule has 1 N–H and O–H groups in total. The van der Waals surface area contributed by atoms with E-state index in [2.05, 4.69) is 4.90 Å². The molecule has 2 rings (SSSR count). The topological polar surface area (TPSA) is 43.8 Å². The molecule has 0 bridgehead atoms. The molecule has 1 aliphatic heterocycles. The first kappa shape index (κ1) is 19.0. The second-order valence-electron chi connectivity index (χ2n) is 6.16. The van der Waals surface area contributed by atoms with Crippen molar-refractivity contribution in [3.05, 3.63) is 34.3 Å². The summed E-state index contributed by atoms with van der Waals surface area (Å²) in [6.45, 7) is 1.82. The normalized spacial score (nSPS) is 17.4. The molecular formula is C16H20ClF3N2O2. The predicted molar refractivity (Wildman–Crippen MR) is 85.0 cm³/mol. The summed E-state index contributed by atoms with van der Waals surface area (Å²) in [5, 5.41) is 8.90. The van der Waals surface area contributed by atoms with E-state index in [-0.39, 0.29) is 17.6 Å². The smallest absolute Gasteiger partial charge is 0.416 e. The lowest BCUT2D eigenvalue weighted by Gasteiger charge is -2.36. The van der Waals surface area contributed by atoms with Gasteiger partial charge in [0, 0.05) is 17.6 Å². The number of hydrogen-bond acceptors (Lipinski definition) is 3. The second kappa shape index (κ2) is 7.72. The van der Waals surface area contributed by atoms with Gasteiger partial charge in [0.1, 0.15) is 0 Å². The molecule has 0 unspecified atom stereocenters. The Hall–Kier alpha value is -1.31. The Morgan fingerprint density at radius 2 is 1.96 bits per heavy atom. The van der Waals surface area contributed by atoms with Crippen LogP contribution in [0.4, 0.5) is 13.2 Å². The second-order valence-corrected chi connectivity index (χ2v) is 6.60. The molecule has 1 heterocycles. The average Bonchev–Trinajstić information content (AvgIpc) is 2.45. The summed E-state index contributed by atoms with van der Waals surface area (Å²) in [5.41, 5.74) is -0.201. The van der Waals surface area contributed by atoms with Crippen molar-refractivity contribution in [1.29, 1.82) is 0 Å². The molecule has 1 aliphatic rings. The van der Waals surface area contributed by atoms with E-state index in [1.54, 1.807) is 18.0 Å².